The van der Waals surface area contributed by atoms with Gasteiger partial charge in [-0.15, -0.1) is 0 Å². The second kappa shape index (κ2) is 17.2. The highest BCUT2D eigenvalue weighted by Crippen LogP contribution is 2.72. The Morgan fingerprint density at radius 2 is 0.187 bits per heavy atom. The molecule has 452 valence electrons. The molecule has 51 heteroatoms. The summed E-state index contributed by atoms with van der Waals surface area (Å²) >= 11 is -5.60. The van der Waals surface area contributed by atoms with E-state index in [9.17, 15) is 220 Å². The van der Waals surface area contributed by atoms with Crippen LogP contribution in [0.15, 0.2) is 0 Å². The van der Waals surface area contributed by atoms with Crippen molar-refractivity contribution in [3.8, 4) is 0 Å². The highest BCUT2D eigenvalue weighted by atomic mass is 32.2. The van der Waals surface area contributed by atoms with Crippen LogP contribution in [0.4, 0.5) is 220 Å². The molecule has 0 aliphatic heterocycles. The second-order valence-corrected chi connectivity index (χ2v) is 14.8. The number of alkyl halides is 50. The van der Waals surface area contributed by atoms with Crippen molar-refractivity contribution in [3.63, 3.8) is 0 Å². The predicted molar refractivity (Wildman–Crippen MR) is 129 cm³/mol. The maximum atomic E-state index is 14.0. The van der Waals surface area contributed by atoms with Crippen LogP contribution >= 0.6 is 11.8 Å². The summed E-state index contributed by atoms with van der Waals surface area (Å²) in [5, 5.41) is -19.3. The van der Waals surface area contributed by atoms with Gasteiger partial charge in [0.05, 0.1) is 0 Å². The highest BCUT2D eigenvalue weighted by molar-refractivity contribution is 8.01. The van der Waals surface area contributed by atoms with Gasteiger partial charge in [0.25, 0.3) is 0 Å². The number of hydrogen-bond acceptors (Lipinski definition) is 1. The average Bonchev–Trinajstić information content (AvgIpc) is 3.14. The Morgan fingerprint density at radius 1 is 0.107 bits per heavy atom. The van der Waals surface area contributed by atoms with Gasteiger partial charge >= 0.3 is 141 Å². The Bertz CT molecular complexity index is 1910. The fraction of sp³-hybridized carbons (Fsp3) is 1.00. The fourth-order valence-electron chi connectivity index (χ4n) is 4.17. The van der Waals surface area contributed by atoms with Crippen LogP contribution in [0.5, 0.6) is 0 Å². The number of rotatable bonds is 22. The molecule has 0 aromatic rings. The van der Waals surface area contributed by atoms with Gasteiger partial charge in [-0.2, -0.15) is 220 Å². The SMILES string of the molecule is FC(F)(F)C(F)(F)C(F)(F)C(F)(F)C(F)(F)C(F)(F)C(F)(F)C(F)(F)C(F)(F)C(F)(F)C(F)(F)C(F)(F)SC(F)(F)C(F)(F)C(F)(F)C(F)(F)C(F)(F)C(F)(F)C(F)(F)C(F)(F)C(F)(F)C(F)(F)C(F)(F)C(F)(F)F. The Kier molecular flexibility index (Phi) is 16.5. The molecule has 0 aliphatic rings. The molecule has 0 saturated heterocycles. The van der Waals surface area contributed by atoms with Crippen LogP contribution in [0.1, 0.15) is 0 Å². The van der Waals surface area contributed by atoms with Crippen molar-refractivity contribution in [2.45, 2.75) is 141 Å². The normalized spacial score (nSPS) is 17.5. The van der Waals surface area contributed by atoms with E-state index in [0.717, 1.165) is 0 Å². The lowest BCUT2D eigenvalue weighted by Crippen LogP contribution is -2.78. The second-order valence-electron chi connectivity index (χ2n) is 13.6. The average molecular weight is 1270 g/mol. The molecular weight excluding hydrogens is 1270 g/mol. The lowest BCUT2D eigenvalue weighted by molar-refractivity contribution is -0.481. The standard InChI is InChI=1S/C24F50S/c25-1(26,5(33,34)9(41,42)13(49,50)17(57,58)21(65,66)67)3(29,30)7(37,38)11(45,46)15(53,54)19(61,62)23(71,72)75-24(73,74)20(63,64)16(55,56)12(47,48)8(39,40)4(31,32)2(27,28)6(35,36)10(43,44)14(51,52)18(59,60)22(68,69)70. The predicted octanol–water partition coefficient (Wildman–Crippen LogP) is 16.7. The van der Waals surface area contributed by atoms with E-state index in [2.05, 4.69) is 0 Å². The fourth-order valence-corrected chi connectivity index (χ4v) is 5.00. The van der Waals surface area contributed by atoms with E-state index < -0.39 is 153 Å². The first-order valence-electron chi connectivity index (χ1n) is 15.4. The van der Waals surface area contributed by atoms with Crippen molar-refractivity contribution in [2.24, 2.45) is 0 Å². The van der Waals surface area contributed by atoms with E-state index in [1.165, 1.54) is 0 Å². The van der Waals surface area contributed by atoms with Gasteiger partial charge in [-0.05, 0) is 11.8 Å². The van der Waals surface area contributed by atoms with Crippen molar-refractivity contribution < 1.29 is 220 Å². The molecule has 0 N–H and O–H groups in total. The zero-order valence-corrected chi connectivity index (χ0v) is 32.1. The smallest absolute Gasteiger partial charge is 0.192 e. The molecule has 0 atom stereocenters. The number of halogens is 50. The van der Waals surface area contributed by atoms with Crippen molar-refractivity contribution in [1.82, 2.24) is 0 Å². The summed E-state index contributed by atoms with van der Waals surface area (Å²) in [5.41, 5.74) is 0. The Morgan fingerprint density at radius 3 is 0.280 bits per heavy atom. The molecule has 0 aromatic heterocycles. The zero-order valence-electron chi connectivity index (χ0n) is 31.3. The van der Waals surface area contributed by atoms with Gasteiger partial charge in [0, 0.05) is 0 Å². The maximum absolute atomic E-state index is 14.0. The lowest BCUT2D eigenvalue weighted by atomic mass is 9.85. The van der Waals surface area contributed by atoms with E-state index in [-0.39, 0.29) is 0 Å². The van der Waals surface area contributed by atoms with Gasteiger partial charge in [-0.3, -0.25) is 0 Å². The van der Waals surface area contributed by atoms with Crippen LogP contribution in [0.25, 0.3) is 0 Å². The third-order valence-electron chi connectivity index (χ3n) is 8.80. The van der Waals surface area contributed by atoms with Gasteiger partial charge in [0.15, 0.2) is 0 Å². The summed E-state index contributed by atoms with van der Waals surface area (Å²) in [6.07, 6.45) is -17.2. The molecule has 0 rings (SSSR count). The summed E-state index contributed by atoms with van der Waals surface area (Å²) in [7, 11) is 0. The summed E-state index contributed by atoms with van der Waals surface area (Å²) in [4.78, 5) is 0. The summed E-state index contributed by atoms with van der Waals surface area (Å²) in [5.74, 6) is -203. The zero-order chi connectivity index (χ0) is 62.7. The molecule has 0 fully saturated rings. The minimum absolute atomic E-state index is 5.60. The first-order chi connectivity index (χ1) is 31.2. The van der Waals surface area contributed by atoms with Gasteiger partial charge in [-0.25, -0.2) is 0 Å². The van der Waals surface area contributed by atoms with Crippen molar-refractivity contribution in [3.05, 3.63) is 0 Å². The summed E-state index contributed by atoms with van der Waals surface area (Å²) in [6.45, 7) is 0. The molecule has 0 amide bonds. The molecule has 75 heavy (non-hydrogen) atoms. The molecule has 0 heterocycles. The molecule has 0 nitrogen and oxygen atoms in total. The molecule has 0 aromatic carbocycles. The van der Waals surface area contributed by atoms with Crippen LogP contribution in [0, 0.1) is 0 Å². The first kappa shape index (κ1) is 71.8. The van der Waals surface area contributed by atoms with Crippen molar-refractivity contribution in [1.29, 1.82) is 0 Å². The molecule has 0 radical (unpaired) electrons. The quantitative estimate of drug-likeness (QED) is 0.0974. The van der Waals surface area contributed by atoms with Gasteiger partial charge in [0.2, 0.25) is 0 Å². The van der Waals surface area contributed by atoms with Crippen LogP contribution in [-0.2, 0) is 0 Å². The van der Waals surface area contributed by atoms with Gasteiger partial charge < -0.3 is 0 Å². The van der Waals surface area contributed by atoms with Gasteiger partial charge in [0.1, 0.15) is 0 Å². The first-order valence-corrected chi connectivity index (χ1v) is 16.2. The maximum Gasteiger partial charge on any atom is 0.460 e. The minimum Gasteiger partial charge on any atom is -0.192 e. The number of hydrogen-bond donors (Lipinski definition) is 0. The summed E-state index contributed by atoms with van der Waals surface area (Å²) < 4.78 is 676. The minimum atomic E-state index is -10.5. The largest absolute Gasteiger partial charge is 0.460 e. The third kappa shape index (κ3) is 8.33. The Hall–Kier alpha value is -3.15. The summed E-state index contributed by atoms with van der Waals surface area (Å²) in [6, 6.07) is 0. The van der Waals surface area contributed by atoms with Crippen LogP contribution in [0.2, 0.25) is 0 Å². The van der Waals surface area contributed by atoms with Crippen LogP contribution in [0.3, 0.4) is 0 Å². The topological polar surface area (TPSA) is 0 Å². The van der Waals surface area contributed by atoms with E-state index in [1.807, 2.05) is 0 Å². The van der Waals surface area contributed by atoms with E-state index in [0.29, 0.717) is 0 Å². The third-order valence-corrected chi connectivity index (χ3v) is 9.82. The van der Waals surface area contributed by atoms with E-state index >= 15 is 0 Å². The molecule has 0 saturated carbocycles. The number of thioether (sulfide) groups is 1. The molecule has 0 bridgehead atoms. The Balaban J connectivity index is 7.90. The highest BCUT2D eigenvalue weighted by Gasteiger charge is 3.02. The molecular formula is C24F50S. The van der Waals surface area contributed by atoms with Crippen LogP contribution < -0.4 is 0 Å². The van der Waals surface area contributed by atoms with Crippen molar-refractivity contribution >= 4 is 11.8 Å². The van der Waals surface area contributed by atoms with E-state index in [4.69, 9.17) is 0 Å². The lowest BCUT2D eigenvalue weighted by Gasteiger charge is -2.46. The van der Waals surface area contributed by atoms with Crippen molar-refractivity contribution in [2.75, 3.05) is 0 Å². The van der Waals surface area contributed by atoms with Crippen LogP contribution in [-0.4, -0.2) is 141 Å². The van der Waals surface area contributed by atoms with Gasteiger partial charge in [-0.1, -0.05) is 0 Å². The van der Waals surface area contributed by atoms with E-state index in [1.54, 1.807) is 0 Å². The monoisotopic (exact) mass is 1270 g/mol. The molecule has 0 spiro atoms. The molecule has 0 unspecified atom stereocenters. The Labute approximate surface area is 374 Å². The molecule has 0 aliphatic carbocycles.